The third kappa shape index (κ3) is 4.83. The van der Waals surface area contributed by atoms with Crippen LogP contribution in [0.2, 0.25) is 0 Å². The molecular formula is C20H26F2N2O3. The van der Waals surface area contributed by atoms with Crippen molar-refractivity contribution >= 4 is 11.8 Å². The number of likely N-dealkylation sites (tertiary alicyclic amines) is 1. The number of nitrogens with zero attached hydrogens (tertiary/aromatic N) is 1. The summed E-state index contributed by atoms with van der Waals surface area (Å²) in [5, 5.41) is 2.84. The van der Waals surface area contributed by atoms with Gasteiger partial charge in [-0.3, -0.25) is 9.59 Å². The smallest absolute Gasteiger partial charge is 0.256 e. The largest absolute Gasteiger partial charge is 0.375 e. The minimum atomic E-state index is -0.827. The molecule has 0 saturated carbocycles. The zero-order chi connectivity index (χ0) is 19.4. The summed E-state index contributed by atoms with van der Waals surface area (Å²) in [6.07, 6.45) is 4.23. The number of benzene rings is 1. The Morgan fingerprint density at radius 2 is 2.04 bits per heavy atom. The first-order valence-electron chi connectivity index (χ1n) is 9.51. The molecule has 0 aromatic heterocycles. The molecule has 7 heteroatoms. The fourth-order valence-electron chi connectivity index (χ4n) is 4.13. The predicted octanol–water partition coefficient (Wildman–Crippen LogP) is 2.89. The monoisotopic (exact) mass is 380 g/mol. The second-order valence-corrected chi connectivity index (χ2v) is 7.58. The van der Waals surface area contributed by atoms with Gasteiger partial charge >= 0.3 is 0 Å². The van der Waals surface area contributed by atoms with E-state index in [1.807, 2.05) is 0 Å². The van der Waals surface area contributed by atoms with Gasteiger partial charge < -0.3 is 15.0 Å². The van der Waals surface area contributed by atoms with E-state index >= 15 is 0 Å². The molecule has 2 heterocycles. The summed E-state index contributed by atoms with van der Waals surface area (Å²) in [6.45, 7) is 3.86. The highest BCUT2D eigenvalue weighted by Gasteiger charge is 2.41. The van der Waals surface area contributed by atoms with Crippen LogP contribution < -0.4 is 5.32 Å². The Morgan fingerprint density at radius 1 is 1.30 bits per heavy atom. The molecule has 1 atom stereocenters. The maximum atomic E-state index is 13.9. The minimum absolute atomic E-state index is 0.0170. The van der Waals surface area contributed by atoms with Crippen molar-refractivity contribution in [3.8, 4) is 0 Å². The minimum Gasteiger partial charge on any atom is -0.375 e. The van der Waals surface area contributed by atoms with E-state index in [9.17, 15) is 18.4 Å². The first-order chi connectivity index (χ1) is 12.9. The van der Waals surface area contributed by atoms with Gasteiger partial charge in [0.05, 0.1) is 11.2 Å². The topological polar surface area (TPSA) is 58.6 Å². The summed E-state index contributed by atoms with van der Waals surface area (Å²) in [5.74, 6) is -1.45. The predicted molar refractivity (Wildman–Crippen MR) is 96.2 cm³/mol. The molecule has 2 saturated heterocycles. The van der Waals surface area contributed by atoms with Crippen LogP contribution in [0.1, 0.15) is 49.4 Å². The van der Waals surface area contributed by atoms with Crippen LogP contribution in [0.5, 0.6) is 0 Å². The van der Waals surface area contributed by atoms with Crippen LogP contribution in [0.25, 0.3) is 0 Å². The van der Waals surface area contributed by atoms with Gasteiger partial charge in [-0.1, -0.05) is 0 Å². The lowest BCUT2D eigenvalue weighted by atomic mass is 9.78. The van der Waals surface area contributed by atoms with Gasteiger partial charge in [-0.15, -0.1) is 0 Å². The Labute approximate surface area is 158 Å². The lowest BCUT2D eigenvalue weighted by molar-refractivity contribution is -0.125. The molecule has 148 valence electrons. The van der Waals surface area contributed by atoms with Gasteiger partial charge in [0.15, 0.2) is 0 Å². The van der Waals surface area contributed by atoms with Gasteiger partial charge in [-0.25, -0.2) is 8.78 Å². The van der Waals surface area contributed by atoms with Crippen LogP contribution in [0.3, 0.4) is 0 Å². The van der Waals surface area contributed by atoms with Crippen molar-refractivity contribution in [1.82, 2.24) is 10.2 Å². The van der Waals surface area contributed by atoms with Crippen molar-refractivity contribution in [1.29, 1.82) is 0 Å². The number of carbonyl (C=O) groups excluding carboxylic acids is 2. The van der Waals surface area contributed by atoms with Crippen LogP contribution in [-0.2, 0) is 9.53 Å². The molecule has 3 rings (SSSR count). The highest BCUT2D eigenvalue weighted by Crippen LogP contribution is 2.39. The zero-order valence-electron chi connectivity index (χ0n) is 15.6. The molecule has 2 amide bonds. The maximum Gasteiger partial charge on any atom is 0.256 e. The number of nitrogens with one attached hydrogen (secondary N) is 1. The van der Waals surface area contributed by atoms with E-state index in [0.717, 1.165) is 31.4 Å². The Morgan fingerprint density at radius 3 is 2.70 bits per heavy atom. The van der Waals surface area contributed by atoms with Gasteiger partial charge in [0.25, 0.3) is 5.91 Å². The fraction of sp³-hybridized carbons (Fsp3) is 0.600. The first-order valence-corrected chi connectivity index (χ1v) is 9.51. The fourth-order valence-corrected chi connectivity index (χ4v) is 4.13. The maximum absolute atomic E-state index is 13.9. The Hall–Kier alpha value is -2.02. The first kappa shape index (κ1) is 19.7. The molecule has 0 bridgehead atoms. The second-order valence-electron chi connectivity index (χ2n) is 7.58. The number of halogens is 2. The van der Waals surface area contributed by atoms with Crippen LogP contribution in [-0.4, -0.2) is 48.6 Å². The van der Waals surface area contributed by atoms with Gasteiger partial charge in [0.2, 0.25) is 5.91 Å². The summed E-state index contributed by atoms with van der Waals surface area (Å²) >= 11 is 0. The van der Waals surface area contributed by atoms with Crippen molar-refractivity contribution in [2.75, 3.05) is 26.2 Å². The Balaban J connectivity index is 1.55. The van der Waals surface area contributed by atoms with Crippen LogP contribution in [0, 0.1) is 17.6 Å². The van der Waals surface area contributed by atoms with Gasteiger partial charge in [-0.2, -0.15) is 0 Å². The van der Waals surface area contributed by atoms with Crippen molar-refractivity contribution in [2.24, 2.45) is 5.92 Å². The van der Waals surface area contributed by atoms with Crippen LogP contribution >= 0.6 is 0 Å². The number of hydrogen-bond donors (Lipinski definition) is 1. The molecule has 1 unspecified atom stereocenters. The van der Waals surface area contributed by atoms with Gasteiger partial charge in [0.1, 0.15) is 11.6 Å². The Kier molecular flexibility index (Phi) is 6.09. The van der Waals surface area contributed by atoms with Crippen LogP contribution in [0.15, 0.2) is 18.2 Å². The third-order valence-corrected chi connectivity index (χ3v) is 5.64. The summed E-state index contributed by atoms with van der Waals surface area (Å²) in [6, 6.07) is 3.04. The highest BCUT2D eigenvalue weighted by atomic mass is 19.1. The quantitative estimate of drug-likeness (QED) is 0.874. The van der Waals surface area contributed by atoms with Gasteiger partial charge in [0, 0.05) is 39.2 Å². The van der Waals surface area contributed by atoms with E-state index in [-0.39, 0.29) is 17.1 Å². The molecule has 0 aliphatic carbocycles. The van der Waals surface area contributed by atoms with E-state index in [2.05, 4.69) is 5.32 Å². The van der Waals surface area contributed by atoms with E-state index in [1.165, 1.54) is 13.0 Å². The molecule has 1 N–H and O–H groups in total. The average molecular weight is 380 g/mol. The van der Waals surface area contributed by atoms with Gasteiger partial charge in [-0.05, 0) is 50.2 Å². The summed E-state index contributed by atoms with van der Waals surface area (Å²) in [5.41, 5.74) is -0.331. The molecule has 5 nitrogen and oxygen atoms in total. The number of carbonyl (C=O) groups is 2. The van der Waals surface area contributed by atoms with E-state index < -0.39 is 17.5 Å². The van der Waals surface area contributed by atoms with E-state index in [1.54, 1.807) is 4.90 Å². The molecule has 27 heavy (non-hydrogen) atoms. The van der Waals surface area contributed by atoms with Crippen molar-refractivity contribution < 1.29 is 23.1 Å². The molecule has 0 radical (unpaired) electrons. The third-order valence-electron chi connectivity index (χ3n) is 5.64. The van der Waals surface area contributed by atoms with Crippen molar-refractivity contribution in [3.05, 3.63) is 35.4 Å². The number of hydrogen-bond acceptors (Lipinski definition) is 3. The average Bonchev–Trinajstić information content (AvgIpc) is 2.62. The Bertz CT molecular complexity index is 702. The normalized spacial score (nSPS) is 21.9. The summed E-state index contributed by atoms with van der Waals surface area (Å²) in [7, 11) is 0. The number of ether oxygens (including phenoxy) is 1. The van der Waals surface area contributed by atoms with Crippen molar-refractivity contribution in [3.63, 3.8) is 0 Å². The summed E-state index contributed by atoms with van der Waals surface area (Å²) in [4.78, 5) is 25.2. The molecule has 2 fully saturated rings. The second kappa shape index (κ2) is 8.33. The molecular weight excluding hydrogens is 354 g/mol. The van der Waals surface area contributed by atoms with Crippen molar-refractivity contribution in [2.45, 2.75) is 44.6 Å². The molecule has 1 aromatic carbocycles. The number of rotatable bonds is 4. The van der Waals surface area contributed by atoms with Crippen LogP contribution in [0.4, 0.5) is 8.78 Å². The molecule has 1 aromatic rings. The SMILES string of the molecule is CC(=O)NCCC1CCOC2(CCN(C(=O)c3ccc(F)cc3F)CC2)C1. The van der Waals surface area contributed by atoms with E-state index in [4.69, 9.17) is 4.74 Å². The number of amides is 2. The van der Waals surface area contributed by atoms with E-state index in [0.29, 0.717) is 45.0 Å². The number of piperidine rings is 1. The summed E-state index contributed by atoms with van der Waals surface area (Å²) < 4.78 is 33.0. The molecule has 2 aliphatic rings. The molecule has 2 aliphatic heterocycles. The highest BCUT2D eigenvalue weighted by molar-refractivity contribution is 5.94. The lowest BCUT2D eigenvalue weighted by Gasteiger charge is -2.46. The molecule has 1 spiro atoms. The zero-order valence-corrected chi connectivity index (χ0v) is 15.6. The standard InChI is InChI=1S/C20H26F2N2O3/c1-14(25)23-8-4-15-5-11-27-20(13-15)6-9-24(10-7-20)19(26)17-3-2-16(21)12-18(17)22/h2-3,12,15H,4-11,13H2,1H3,(H,23,25). The lowest BCUT2D eigenvalue weighted by Crippen LogP contribution is -2.51.